The Morgan fingerprint density at radius 1 is 1.03 bits per heavy atom. The number of benzene rings is 2. The smallest absolute Gasteiger partial charge is 0.321 e. The van der Waals surface area contributed by atoms with E-state index >= 15 is 0 Å². The Labute approximate surface area is 190 Å². The van der Waals surface area contributed by atoms with Crippen LogP contribution >= 0.6 is 11.8 Å². The third-order valence-electron chi connectivity index (χ3n) is 4.15. The van der Waals surface area contributed by atoms with Crippen LogP contribution in [0.4, 0.5) is 4.79 Å². The van der Waals surface area contributed by atoms with Crippen LogP contribution < -0.4 is 20.1 Å². The molecule has 0 fully saturated rings. The van der Waals surface area contributed by atoms with Crippen LogP contribution in [-0.4, -0.2) is 45.6 Å². The van der Waals surface area contributed by atoms with Crippen molar-refractivity contribution in [2.75, 3.05) is 12.9 Å². The number of carbonyl (C=O) groups excluding carboxylic acids is 2. The summed E-state index contributed by atoms with van der Waals surface area (Å²) in [6.07, 6.45) is 0. The molecule has 3 aromatic rings. The maximum atomic E-state index is 12.1. The Bertz CT molecular complexity index is 1040. The van der Waals surface area contributed by atoms with Gasteiger partial charge in [0, 0.05) is 11.7 Å². The minimum atomic E-state index is -0.524. The maximum Gasteiger partial charge on any atom is 0.321 e. The Morgan fingerprint density at radius 2 is 1.72 bits per heavy atom. The van der Waals surface area contributed by atoms with Crippen LogP contribution in [0, 0.1) is 0 Å². The first-order valence-electron chi connectivity index (χ1n) is 9.96. The quantitative estimate of drug-likeness (QED) is 0.477. The van der Waals surface area contributed by atoms with Crippen molar-refractivity contribution in [2.45, 2.75) is 31.7 Å². The number of rotatable bonds is 9. The molecule has 9 nitrogen and oxygen atoms in total. The van der Waals surface area contributed by atoms with Crippen LogP contribution in [-0.2, 0) is 11.4 Å². The predicted octanol–water partition coefficient (Wildman–Crippen LogP) is 3.18. The first-order chi connectivity index (χ1) is 15.5. The molecule has 0 radical (unpaired) electrons. The molecule has 0 spiro atoms. The Hall–Kier alpha value is -3.53. The van der Waals surface area contributed by atoms with Crippen molar-refractivity contribution in [3.63, 3.8) is 0 Å². The van der Waals surface area contributed by atoms with E-state index in [9.17, 15) is 9.59 Å². The lowest BCUT2D eigenvalue weighted by Gasteiger charge is -2.12. The second kappa shape index (κ2) is 11.2. The summed E-state index contributed by atoms with van der Waals surface area (Å²) in [4.78, 5) is 23.9. The van der Waals surface area contributed by atoms with Gasteiger partial charge in [0.25, 0.3) is 0 Å². The summed E-state index contributed by atoms with van der Waals surface area (Å²) in [6.45, 7) is 3.81. The van der Waals surface area contributed by atoms with Crippen LogP contribution in [0.3, 0.4) is 0 Å². The van der Waals surface area contributed by atoms with Crippen molar-refractivity contribution in [1.29, 1.82) is 0 Å². The number of carbonyl (C=O) groups is 2. The van der Waals surface area contributed by atoms with Gasteiger partial charge in [0.1, 0.15) is 18.1 Å². The van der Waals surface area contributed by atoms with Gasteiger partial charge in [-0.2, -0.15) is 0 Å². The average molecular weight is 456 g/mol. The molecule has 0 atom stereocenters. The van der Waals surface area contributed by atoms with Gasteiger partial charge in [-0.05, 0) is 50.2 Å². The van der Waals surface area contributed by atoms with E-state index in [0.29, 0.717) is 16.7 Å². The zero-order valence-corrected chi connectivity index (χ0v) is 18.9. The molecule has 3 amide bonds. The summed E-state index contributed by atoms with van der Waals surface area (Å²) in [6, 6.07) is 16.2. The largest absolute Gasteiger partial charge is 0.497 e. The highest BCUT2D eigenvalue weighted by Crippen LogP contribution is 2.23. The van der Waals surface area contributed by atoms with E-state index in [4.69, 9.17) is 9.47 Å². The summed E-state index contributed by atoms with van der Waals surface area (Å²) in [7, 11) is 1.61. The van der Waals surface area contributed by atoms with E-state index in [1.807, 2.05) is 73.0 Å². The van der Waals surface area contributed by atoms with Gasteiger partial charge >= 0.3 is 6.03 Å². The molecule has 0 aliphatic heterocycles. The minimum Gasteiger partial charge on any atom is -0.497 e. The molecular formula is C22H25N5O4S. The van der Waals surface area contributed by atoms with Crippen LogP contribution in [0.15, 0.2) is 59.8 Å². The van der Waals surface area contributed by atoms with Gasteiger partial charge in [-0.25, -0.2) is 4.79 Å². The second-order valence-electron chi connectivity index (χ2n) is 7.00. The third-order valence-corrected chi connectivity index (χ3v) is 5.08. The maximum absolute atomic E-state index is 12.1. The number of ether oxygens (including phenoxy) is 2. The van der Waals surface area contributed by atoms with Gasteiger partial charge in [-0.15, -0.1) is 10.2 Å². The number of urea groups is 1. The topological polar surface area (TPSA) is 107 Å². The van der Waals surface area contributed by atoms with Crippen LogP contribution in [0.5, 0.6) is 11.5 Å². The van der Waals surface area contributed by atoms with Gasteiger partial charge in [-0.1, -0.05) is 30.0 Å². The number of nitrogens with one attached hydrogen (secondary N) is 2. The van der Waals surface area contributed by atoms with Crippen molar-refractivity contribution in [3.05, 3.63) is 60.4 Å². The molecule has 0 bridgehead atoms. The van der Waals surface area contributed by atoms with E-state index in [-0.39, 0.29) is 18.4 Å². The Morgan fingerprint density at radius 3 is 2.38 bits per heavy atom. The first-order valence-corrected chi connectivity index (χ1v) is 10.9. The van der Waals surface area contributed by atoms with Crippen molar-refractivity contribution in [1.82, 2.24) is 25.4 Å². The van der Waals surface area contributed by atoms with Crippen molar-refractivity contribution >= 4 is 23.7 Å². The predicted molar refractivity (Wildman–Crippen MR) is 121 cm³/mol. The first kappa shape index (κ1) is 23.1. The zero-order chi connectivity index (χ0) is 22.9. The van der Waals surface area contributed by atoms with E-state index in [2.05, 4.69) is 20.8 Å². The molecular weight excluding hydrogens is 430 g/mol. The monoisotopic (exact) mass is 455 g/mol. The van der Waals surface area contributed by atoms with Gasteiger partial charge in [-0.3, -0.25) is 14.7 Å². The number of hydrogen-bond donors (Lipinski definition) is 2. The van der Waals surface area contributed by atoms with Crippen molar-refractivity contribution in [3.8, 4) is 17.2 Å². The zero-order valence-electron chi connectivity index (χ0n) is 18.1. The highest BCUT2D eigenvalue weighted by molar-refractivity contribution is 7.99. The third kappa shape index (κ3) is 6.48. The second-order valence-corrected chi connectivity index (χ2v) is 7.94. The van der Waals surface area contributed by atoms with Gasteiger partial charge < -0.3 is 14.8 Å². The molecule has 0 aliphatic rings. The van der Waals surface area contributed by atoms with Gasteiger partial charge in [0.05, 0.1) is 12.9 Å². The summed E-state index contributed by atoms with van der Waals surface area (Å²) < 4.78 is 12.8. The normalized spacial score (nSPS) is 10.6. The number of nitrogens with zero attached hydrogens (tertiary/aromatic N) is 3. The lowest BCUT2D eigenvalue weighted by molar-refractivity contribution is -0.117. The van der Waals surface area contributed by atoms with Crippen molar-refractivity contribution < 1.29 is 19.1 Å². The van der Waals surface area contributed by atoms with Gasteiger partial charge in [0.15, 0.2) is 11.0 Å². The molecule has 1 heterocycles. The Balaban J connectivity index is 1.71. The van der Waals surface area contributed by atoms with E-state index in [1.54, 1.807) is 7.11 Å². The average Bonchev–Trinajstić information content (AvgIpc) is 3.19. The molecule has 2 aromatic carbocycles. The Kier molecular flexibility index (Phi) is 8.09. The summed E-state index contributed by atoms with van der Waals surface area (Å²) in [5.41, 5.74) is 0.839. The van der Waals surface area contributed by atoms with E-state index in [1.165, 1.54) is 11.8 Å². The summed E-state index contributed by atoms with van der Waals surface area (Å²) in [5, 5.41) is 13.9. The molecule has 10 heteroatoms. The van der Waals surface area contributed by atoms with Crippen LogP contribution in [0.25, 0.3) is 5.69 Å². The van der Waals surface area contributed by atoms with Crippen LogP contribution in [0.1, 0.15) is 19.7 Å². The highest BCUT2D eigenvalue weighted by atomic mass is 32.2. The molecule has 2 N–H and O–H groups in total. The lowest BCUT2D eigenvalue weighted by Crippen LogP contribution is -2.43. The number of amides is 3. The molecule has 168 valence electrons. The highest BCUT2D eigenvalue weighted by Gasteiger charge is 2.17. The lowest BCUT2D eigenvalue weighted by atomic mass is 10.3. The van der Waals surface area contributed by atoms with Gasteiger partial charge in [0.2, 0.25) is 5.91 Å². The fraction of sp³-hybridized carbons (Fsp3) is 0.273. The molecule has 1 aromatic heterocycles. The molecule has 3 rings (SSSR count). The summed E-state index contributed by atoms with van der Waals surface area (Å²) in [5.74, 6) is 1.57. The van der Waals surface area contributed by atoms with Crippen molar-refractivity contribution in [2.24, 2.45) is 0 Å². The van der Waals surface area contributed by atoms with E-state index < -0.39 is 11.9 Å². The number of thioether (sulfide) groups is 1. The minimum absolute atomic E-state index is 0.00974. The van der Waals surface area contributed by atoms with Crippen LogP contribution in [0.2, 0.25) is 0 Å². The fourth-order valence-corrected chi connectivity index (χ4v) is 3.51. The fourth-order valence-electron chi connectivity index (χ4n) is 2.73. The molecule has 32 heavy (non-hydrogen) atoms. The molecule has 0 unspecified atom stereocenters. The molecule has 0 aliphatic carbocycles. The molecule has 0 saturated carbocycles. The number of imide groups is 1. The number of para-hydroxylation sites is 1. The number of methoxy groups -OCH3 is 1. The number of aromatic nitrogens is 3. The standard InChI is InChI=1S/C22H25N5O4S/c1-15(2)23-21(29)24-20(28)14-32-22-26-25-19(27(22)16-7-5-4-6-8-16)13-31-18-11-9-17(30-3)10-12-18/h4-12,15H,13-14H2,1-3H3,(H2,23,24,28,29). The summed E-state index contributed by atoms with van der Waals surface area (Å²) >= 11 is 1.18. The van der Waals surface area contributed by atoms with E-state index in [0.717, 1.165) is 11.4 Å². The number of hydrogen-bond acceptors (Lipinski definition) is 7. The molecule has 0 saturated heterocycles. The SMILES string of the molecule is COc1ccc(OCc2nnc(SCC(=O)NC(=O)NC(C)C)n2-c2ccccc2)cc1.